The molecule has 1 aliphatic rings. The third-order valence-electron chi connectivity index (χ3n) is 3.70. The molecule has 0 atom stereocenters. The molecule has 1 aromatic rings. The molecule has 116 valence electrons. The van der Waals surface area contributed by atoms with E-state index < -0.39 is 15.8 Å². The zero-order valence-corrected chi connectivity index (χ0v) is 13.3. The van der Waals surface area contributed by atoms with Crippen molar-refractivity contribution in [2.24, 2.45) is 11.7 Å². The van der Waals surface area contributed by atoms with E-state index in [1.807, 2.05) is 0 Å². The topological polar surface area (TPSA) is 72.2 Å². The summed E-state index contributed by atoms with van der Waals surface area (Å²) >= 11 is 4.76. The maximum Gasteiger partial charge on any atom is 0.233 e. The number of sulfonamides is 1. The molecule has 1 aliphatic carbocycles. The smallest absolute Gasteiger partial charge is 0.233 e. The van der Waals surface area contributed by atoms with Gasteiger partial charge < -0.3 is 5.73 Å². The van der Waals surface area contributed by atoms with Crippen molar-refractivity contribution in [3.05, 3.63) is 29.6 Å². The lowest BCUT2D eigenvalue weighted by molar-refractivity contribution is 0.385. The highest BCUT2D eigenvalue weighted by molar-refractivity contribution is 7.92. The van der Waals surface area contributed by atoms with E-state index in [2.05, 4.69) is 4.72 Å². The number of halogens is 1. The Morgan fingerprint density at radius 3 is 2.57 bits per heavy atom. The molecule has 21 heavy (non-hydrogen) atoms. The van der Waals surface area contributed by atoms with Crippen LogP contribution in [0.5, 0.6) is 0 Å². The average molecular weight is 330 g/mol. The van der Waals surface area contributed by atoms with Gasteiger partial charge in [-0.05, 0) is 37.0 Å². The van der Waals surface area contributed by atoms with Crippen LogP contribution in [-0.2, 0) is 10.0 Å². The molecular weight excluding hydrogens is 311 g/mol. The molecule has 0 aliphatic heterocycles. The van der Waals surface area contributed by atoms with Gasteiger partial charge in [0.1, 0.15) is 10.8 Å². The lowest BCUT2D eigenvalue weighted by Gasteiger charge is -2.21. The van der Waals surface area contributed by atoms with Crippen molar-refractivity contribution in [2.45, 2.75) is 32.1 Å². The number of hydrogen-bond donors (Lipinski definition) is 2. The molecule has 0 radical (unpaired) electrons. The van der Waals surface area contributed by atoms with Crippen molar-refractivity contribution >= 4 is 32.9 Å². The van der Waals surface area contributed by atoms with Crippen LogP contribution in [0, 0.1) is 11.7 Å². The van der Waals surface area contributed by atoms with E-state index in [9.17, 15) is 12.8 Å². The zero-order chi connectivity index (χ0) is 15.5. The summed E-state index contributed by atoms with van der Waals surface area (Å²) in [5.74, 6) is -0.466. The van der Waals surface area contributed by atoms with Crippen molar-refractivity contribution in [2.75, 3.05) is 10.5 Å². The third kappa shape index (κ3) is 4.64. The maximum absolute atomic E-state index is 13.9. The number of benzene rings is 1. The maximum atomic E-state index is 13.9. The van der Waals surface area contributed by atoms with Gasteiger partial charge in [-0.3, -0.25) is 4.72 Å². The van der Waals surface area contributed by atoms with Crippen molar-refractivity contribution in [1.82, 2.24) is 0 Å². The summed E-state index contributed by atoms with van der Waals surface area (Å²) in [6.45, 7) is 0. The number of nitrogens with two attached hydrogens (primary N) is 1. The van der Waals surface area contributed by atoms with Crippen LogP contribution in [-0.4, -0.2) is 19.2 Å². The van der Waals surface area contributed by atoms with E-state index in [0.29, 0.717) is 5.56 Å². The molecule has 1 aromatic carbocycles. The highest BCUT2D eigenvalue weighted by atomic mass is 32.2. The lowest BCUT2D eigenvalue weighted by atomic mass is 9.91. The first kappa shape index (κ1) is 16.2. The van der Waals surface area contributed by atoms with Gasteiger partial charge in [-0.1, -0.05) is 31.5 Å². The summed E-state index contributed by atoms with van der Waals surface area (Å²) in [7, 11) is -3.54. The van der Waals surface area contributed by atoms with Crippen LogP contribution in [0.4, 0.5) is 10.1 Å². The van der Waals surface area contributed by atoms with Gasteiger partial charge in [0.15, 0.2) is 0 Å². The molecular formula is C14H19FN2O2S2. The predicted molar refractivity (Wildman–Crippen MR) is 86.3 cm³/mol. The zero-order valence-electron chi connectivity index (χ0n) is 11.6. The fourth-order valence-electron chi connectivity index (χ4n) is 2.62. The molecule has 0 heterocycles. The van der Waals surface area contributed by atoms with Gasteiger partial charge in [0.05, 0.1) is 11.4 Å². The second kappa shape index (κ2) is 6.70. The molecule has 4 nitrogen and oxygen atoms in total. The predicted octanol–water partition coefficient (Wildman–Crippen LogP) is 2.78. The highest BCUT2D eigenvalue weighted by Crippen LogP contribution is 2.26. The molecule has 0 aromatic heterocycles. The van der Waals surface area contributed by atoms with Crippen LogP contribution in [0.15, 0.2) is 18.2 Å². The van der Waals surface area contributed by atoms with E-state index in [4.69, 9.17) is 18.0 Å². The fraction of sp³-hybridized carbons (Fsp3) is 0.500. The van der Waals surface area contributed by atoms with Crippen LogP contribution < -0.4 is 10.5 Å². The van der Waals surface area contributed by atoms with Crippen molar-refractivity contribution in [3.8, 4) is 0 Å². The minimum absolute atomic E-state index is 0.0451. The second-order valence-corrected chi connectivity index (χ2v) is 7.65. The first-order valence-corrected chi connectivity index (χ1v) is 9.03. The Kier molecular flexibility index (Phi) is 5.16. The summed E-state index contributed by atoms with van der Waals surface area (Å²) in [6.07, 6.45) is 5.14. The second-order valence-electron chi connectivity index (χ2n) is 5.45. The van der Waals surface area contributed by atoms with Gasteiger partial charge in [0.2, 0.25) is 10.0 Å². The van der Waals surface area contributed by atoms with Gasteiger partial charge in [-0.2, -0.15) is 0 Å². The molecule has 0 amide bonds. The van der Waals surface area contributed by atoms with E-state index in [0.717, 1.165) is 31.7 Å². The molecule has 0 spiro atoms. The fourth-order valence-corrected chi connectivity index (χ4v) is 4.29. The van der Waals surface area contributed by atoms with Crippen molar-refractivity contribution in [1.29, 1.82) is 0 Å². The summed E-state index contributed by atoms with van der Waals surface area (Å²) < 4.78 is 40.4. The number of thiocarbonyl (C=S) groups is 1. The van der Waals surface area contributed by atoms with Crippen LogP contribution in [0.2, 0.25) is 0 Å². The number of hydrogen-bond acceptors (Lipinski definition) is 3. The van der Waals surface area contributed by atoms with E-state index >= 15 is 0 Å². The SMILES string of the molecule is NC(=S)c1ccc(NS(=O)(=O)CC2CCCCC2)c(F)c1. The molecule has 0 bridgehead atoms. The Hall–Kier alpha value is -1.21. The Labute approximate surface area is 130 Å². The molecule has 7 heteroatoms. The molecule has 2 rings (SSSR count). The van der Waals surface area contributed by atoms with Crippen LogP contribution >= 0.6 is 12.2 Å². The van der Waals surface area contributed by atoms with Gasteiger partial charge in [-0.15, -0.1) is 0 Å². The molecule has 1 saturated carbocycles. The molecule has 0 saturated heterocycles. The Morgan fingerprint density at radius 1 is 1.33 bits per heavy atom. The first-order valence-electron chi connectivity index (χ1n) is 6.97. The lowest BCUT2D eigenvalue weighted by Crippen LogP contribution is -2.24. The van der Waals surface area contributed by atoms with Gasteiger partial charge >= 0.3 is 0 Å². The third-order valence-corrected chi connectivity index (χ3v) is 5.38. The van der Waals surface area contributed by atoms with Gasteiger partial charge in [0, 0.05) is 5.56 Å². The number of rotatable bonds is 5. The summed E-state index contributed by atoms with van der Waals surface area (Å²) in [4.78, 5) is 0.0745. The molecule has 1 fully saturated rings. The average Bonchev–Trinajstić information content (AvgIpc) is 2.41. The van der Waals surface area contributed by atoms with Crippen molar-refractivity contribution in [3.63, 3.8) is 0 Å². The Bertz CT molecular complexity index is 626. The van der Waals surface area contributed by atoms with Crippen LogP contribution in [0.1, 0.15) is 37.7 Å². The van der Waals surface area contributed by atoms with E-state index in [1.165, 1.54) is 18.6 Å². The van der Waals surface area contributed by atoms with E-state index in [-0.39, 0.29) is 22.3 Å². The first-order chi connectivity index (χ1) is 9.87. The van der Waals surface area contributed by atoms with Gasteiger partial charge in [0.25, 0.3) is 0 Å². The summed E-state index contributed by atoms with van der Waals surface area (Å²) in [5, 5.41) is 0. The minimum atomic E-state index is -3.54. The minimum Gasteiger partial charge on any atom is -0.389 e. The molecule has 3 N–H and O–H groups in total. The molecule has 0 unspecified atom stereocenters. The number of nitrogens with one attached hydrogen (secondary N) is 1. The van der Waals surface area contributed by atoms with E-state index in [1.54, 1.807) is 0 Å². The Morgan fingerprint density at radius 2 is 2.00 bits per heavy atom. The summed E-state index contributed by atoms with van der Waals surface area (Å²) in [5.41, 5.74) is 5.72. The normalized spacial score (nSPS) is 16.6. The van der Waals surface area contributed by atoms with Crippen LogP contribution in [0.3, 0.4) is 0 Å². The largest absolute Gasteiger partial charge is 0.389 e. The van der Waals surface area contributed by atoms with Crippen LogP contribution in [0.25, 0.3) is 0 Å². The summed E-state index contributed by atoms with van der Waals surface area (Å²) in [6, 6.07) is 3.99. The van der Waals surface area contributed by atoms with Crippen molar-refractivity contribution < 1.29 is 12.8 Å². The standard InChI is InChI=1S/C14H19FN2O2S2/c15-12-8-11(14(16)20)6-7-13(12)17-21(18,19)9-10-4-2-1-3-5-10/h6-8,10,17H,1-5,9H2,(H2,16,20). The number of anilines is 1. The highest BCUT2D eigenvalue weighted by Gasteiger charge is 2.22. The quantitative estimate of drug-likeness (QED) is 0.814. The van der Waals surface area contributed by atoms with Gasteiger partial charge in [-0.25, -0.2) is 12.8 Å². The Balaban J connectivity index is 2.07. The monoisotopic (exact) mass is 330 g/mol.